The van der Waals surface area contributed by atoms with Crippen molar-refractivity contribution in [3.63, 3.8) is 0 Å². The predicted molar refractivity (Wildman–Crippen MR) is 70.2 cm³/mol. The summed E-state index contributed by atoms with van der Waals surface area (Å²) in [6.45, 7) is 4.39. The fraction of sp³-hybridized carbons (Fsp3) is 0.333. The number of hydrogen-bond donors (Lipinski definition) is 2. The highest BCUT2D eigenvalue weighted by Crippen LogP contribution is 2.05. The maximum Gasteiger partial charge on any atom is 0.328 e. The van der Waals surface area contributed by atoms with Crippen molar-refractivity contribution in [2.45, 2.75) is 26.4 Å². The van der Waals surface area contributed by atoms with E-state index >= 15 is 0 Å². The highest BCUT2D eigenvalue weighted by Gasteiger charge is 2.07. The summed E-state index contributed by atoms with van der Waals surface area (Å²) < 4.78 is 3.31. The first-order valence-corrected chi connectivity index (χ1v) is 5.81. The van der Waals surface area contributed by atoms with Gasteiger partial charge >= 0.3 is 5.69 Å². The van der Waals surface area contributed by atoms with Gasteiger partial charge in [0, 0.05) is 18.4 Å². The molecule has 2 aromatic heterocycles. The lowest BCUT2D eigenvalue weighted by Gasteiger charge is -2.06. The van der Waals surface area contributed by atoms with Crippen LogP contribution in [-0.2, 0) is 6.54 Å². The van der Waals surface area contributed by atoms with Crippen molar-refractivity contribution in [3.8, 4) is 0 Å². The van der Waals surface area contributed by atoms with Crippen LogP contribution in [0, 0.1) is 0 Å². The Hall–Kier alpha value is -2.08. The van der Waals surface area contributed by atoms with Crippen LogP contribution in [0.3, 0.4) is 0 Å². The second-order valence-electron chi connectivity index (χ2n) is 4.37. The summed E-state index contributed by atoms with van der Waals surface area (Å²) in [6, 6.07) is 5.64. The van der Waals surface area contributed by atoms with Crippen LogP contribution in [0.1, 0.15) is 25.6 Å². The Morgan fingerprint density at radius 2 is 2.17 bits per heavy atom. The third kappa shape index (κ3) is 2.43. The van der Waals surface area contributed by atoms with Gasteiger partial charge < -0.3 is 5.43 Å². The van der Waals surface area contributed by atoms with Gasteiger partial charge in [-0.05, 0) is 26.0 Å². The molecule has 3 N–H and O–H groups in total. The van der Waals surface area contributed by atoms with Gasteiger partial charge in [0.15, 0.2) is 0 Å². The van der Waals surface area contributed by atoms with Gasteiger partial charge in [0.1, 0.15) is 5.82 Å². The minimum absolute atomic E-state index is 0.0297. The SMILES string of the molecule is CC(C)n1ccn(Cc2cccc(NN)n2)c1=O. The van der Waals surface area contributed by atoms with Crippen molar-refractivity contribution in [1.82, 2.24) is 14.1 Å². The van der Waals surface area contributed by atoms with Crippen molar-refractivity contribution >= 4 is 5.82 Å². The van der Waals surface area contributed by atoms with E-state index in [1.54, 1.807) is 27.6 Å². The standard InChI is InChI=1S/C12H17N5O/c1-9(2)17-7-6-16(12(17)18)8-10-4-3-5-11(14-10)15-13/h3-7,9H,8,13H2,1-2H3,(H,14,15). The topological polar surface area (TPSA) is 77.9 Å². The van der Waals surface area contributed by atoms with Crippen molar-refractivity contribution in [1.29, 1.82) is 0 Å². The second-order valence-corrected chi connectivity index (χ2v) is 4.37. The maximum atomic E-state index is 12.0. The zero-order valence-electron chi connectivity index (χ0n) is 10.5. The molecule has 2 heterocycles. The average molecular weight is 247 g/mol. The molecular formula is C12H17N5O. The van der Waals surface area contributed by atoms with Gasteiger partial charge in [0.25, 0.3) is 0 Å². The van der Waals surface area contributed by atoms with Crippen LogP contribution in [0.15, 0.2) is 35.4 Å². The molecule has 0 saturated heterocycles. The molecule has 0 bridgehead atoms. The predicted octanol–water partition coefficient (Wildman–Crippen LogP) is 0.960. The van der Waals surface area contributed by atoms with Crippen molar-refractivity contribution in [2.75, 3.05) is 5.43 Å². The lowest BCUT2D eigenvalue weighted by molar-refractivity contribution is 0.560. The smallest absolute Gasteiger partial charge is 0.308 e. The minimum Gasteiger partial charge on any atom is -0.308 e. The molecule has 2 rings (SSSR count). The largest absolute Gasteiger partial charge is 0.328 e. The molecule has 96 valence electrons. The Morgan fingerprint density at radius 1 is 1.39 bits per heavy atom. The molecule has 0 aromatic carbocycles. The van der Waals surface area contributed by atoms with Crippen molar-refractivity contribution in [3.05, 3.63) is 46.8 Å². The van der Waals surface area contributed by atoms with Gasteiger partial charge in [-0.25, -0.2) is 15.6 Å². The molecule has 6 nitrogen and oxygen atoms in total. The van der Waals surface area contributed by atoms with E-state index in [-0.39, 0.29) is 11.7 Å². The third-order valence-electron chi connectivity index (χ3n) is 2.72. The van der Waals surface area contributed by atoms with Crippen LogP contribution in [-0.4, -0.2) is 14.1 Å². The Kier molecular flexibility index (Phi) is 3.47. The molecule has 2 aromatic rings. The zero-order valence-corrected chi connectivity index (χ0v) is 10.5. The molecule has 0 unspecified atom stereocenters. The van der Waals surface area contributed by atoms with E-state index in [9.17, 15) is 4.79 Å². The van der Waals surface area contributed by atoms with Crippen molar-refractivity contribution in [2.24, 2.45) is 5.84 Å². The number of aromatic nitrogens is 3. The number of rotatable bonds is 4. The summed E-state index contributed by atoms with van der Waals surface area (Å²) in [5.74, 6) is 5.89. The summed E-state index contributed by atoms with van der Waals surface area (Å²) in [5, 5.41) is 0. The molecule has 0 atom stereocenters. The van der Waals surface area contributed by atoms with Gasteiger partial charge in [0.05, 0.1) is 12.2 Å². The number of nitrogens with zero attached hydrogens (tertiary/aromatic N) is 3. The number of hydrogen-bond acceptors (Lipinski definition) is 4. The van der Waals surface area contributed by atoms with E-state index in [1.807, 2.05) is 26.0 Å². The van der Waals surface area contributed by atoms with Gasteiger partial charge in [-0.3, -0.25) is 9.13 Å². The molecule has 0 aliphatic rings. The molecule has 18 heavy (non-hydrogen) atoms. The summed E-state index contributed by atoms with van der Waals surface area (Å²) in [6.07, 6.45) is 3.56. The molecule has 0 amide bonds. The molecular weight excluding hydrogens is 230 g/mol. The lowest BCUT2D eigenvalue weighted by Crippen LogP contribution is -2.25. The van der Waals surface area contributed by atoms with Crippen LogP contribution < -0.4 is 17.0 Å². The first-order chi connectivity index (χ1) is 8.61. The summed E-state index contributed by atoms with van der Waals surface area (Å²) in [7, 11) is 0. The molecule has 0 saturated carbocycles. The number of anilines is 1. The normalized spacial score (nSPS) is 10.9. The van der Waals surface area contributed by atoms with E-state index < -0.39 is 0 Å². The number of pyridine rings is 1. The molecule has 0 aliphatic carbocycles. The molecule has 0 radical (unpaired) electrons. The minimum atomic E-state index is -0.0297. The first kappa shape index (κ1) is 12.4. The van der Waals surface area contributed by atoms with Crippen LogP contribution in [0.2, 0.25) is 0 Å². The lowest BCUT2D eigenvalue weighted by atomic mass is 10.3. The van der Waals surface area contributed by atoms with E-state index in [0.717, 1.165) is 5.69 Å². The first-order valence-electron chi connectivity index (χ1n) is 5.81. The third-order valence-corrected chi connectivity index (χ3v) is 2.72. The van der Waals surface area contributed by atoms with Crippen LogP contribution in [0.5, 0.6) is 0 Å². The number of nitrogens with one attached hydrogen (secondary N) is 1. The number of nitrogen functional groups attached to an aromatic ring is 1. The van der Waals surface area contributed by atoms with Gasteiger partial charge in [-0.1, -0.05) is 6.07 Å². The van der Waals surface area contributed by atoms with E-state index in [4.69, 9.17) is 5.84 Å². The number of hydrazine groups is 1. The Bertz CT molecular complexity index is 584. The fourth-order valence-electron chi connectivity index (χ4n) is 1.76. The number of imidazole rings is 1. The molecule has 6 heteroatoms. The molecule has 0 aliphatic heterocycles. The van der Waals surface area contributed by atoms with Crippen LogP contribution in [0.25, 0.3) is 0 Å². The monoisotopic (exact) mass is 247 g/mol. The van der Waals surface area contributed by atoms with E-state index in [0.29, 0.717) is 12.4 Å². The second kappa shape index (κ2) is 5.05. The van der Waals surface area contributed by atoms with Gasteiger partial charge in [0.2, 0.25) is 0 Å². The van der Waals surface area contributed by atoms with Gasteiger partial charge in [-0.15, -0.1) is 0 Å². The van der Waals surface area contributed by atoms with E-state index in [1.165, 1.54) is 0 Å². The number of nitrogens with two attached hydrogens (primary N) is 1. The molecule has 0 spiro atoms. The summed E-state index contributed by atoms with van der Waals surface area (Å²) in [5.41, 5.74) is 3.24. The van der Waals surface area contributed by atoms with Crippen LogP contribution >= 0.6 is 0 Å². The summed E-state index contributed by atoms with van der Waals surface area (Å²) >= 11 is 0. The highest BCUT2D eigenvalue weighted by atomic mass is 16.1. The van der Waals surface area contributed by atoms with Gasteiger partial charge in [-0.2, -0.15) is 0 Å². The highest BCUT2D eigenvalue weighted by molar-refractivity contribution is 5.33. The maximum absolute atomic E-state index is 12.0. The zero-order chi connectivity index (χ0) is 13.1. The fourth-order valence-corrected chi connectivity index (χ4v) is 1.76. The molecule has 0 fully saturated rings. The van der Waals surface area contributed by atoms with Crippen molar-refractivity contribution < 1.29 is 0 Å². The quantitative estimate of drug-likeness (QED) is 0.623. The van der Waals surface area contributed by atoms with E-state index in [2.05, 4.69) is 10.4 Å². The Labute approximate surface area is 105 Å². The van der Waals surface area contributed by atoms with Crippen LogP contribution in [0.4, 0.5) is 5.82 Å². The summed E-state index contributed by atoms with van der Waals surface area (Å²) in [4.78, 5) is 16.3. The Morgan fingerprint density at radius 3 is 2.78 bits per heavy atom. The average Bonchev–Trinajstić information content (AvgIpc) is 2.71. The Balaban J connectivity index is 2.26.